The van der Waals surface area contributed by atoms with Crippen LogP contribution in [-0.2, 0) is 5.75 Å². The molecule has 1 aromatic heterocycles. The second-order valence-corrected chi connectivity index (χ2v) is 2.35. The van der Waals surface area contributed by atoms with Crippen LogP contribution in [0.2, 0.25) is 5.15 Å². The molecule has 0 saturated carbocycles. The fourth-order valence-corrected chi connectivity index (χ4v) is 0.934. The Balaban J connectivity index is 2.94. The van der Waals surface area contributed by atoms with E-state index in [2.05, 4.69) is 17.6 Å². The van der Waals surface area contributed by atoms with Crippen molar-refractivity contribution in [1.82, 2.24) is 4.98 Å². The van der Waals surface area contributed by atoms with E-state index in [1.165, 1.54) is 0 Å². The van der Waals surface area contributed by atoms with Crippen molar-refractivity contribution < 1.29 is 0 Å². The molecule has 0 radical (unpaired) electrons. The summed E-state index contributed by atoms with van der Waals surface area (Å²) >= 11 is 9.65. The monoisotopic (exact) mass is 159 g/mol. The highest BCUT2D eigenvalue weighted by Crippen LogP contribution is 2.08. The Morgan fingerprint density at radius 3 is 2.89 bits per heavy atom. The van der Waals surface area contributed by atoms with Gasteiger partial charge in [-0.1, -0.05) is 11.6 Å². The van der Waals surface area contributed by atoms with E-state index < -0.39 is 0 Å². The highest BCUT2D eigenvalue weighted by Gasteiger charge is 1.89. The maximum absolute atomic E-state index is 5.58. The minimum atomic E-state index is 0.529. The van der Waals surface area contributed by atoms with Crippen molar-refractivity contribution in [2.45, 2.75) is 5.75 Å². The van der Waals surface area contributed by atoms with Crippen LogP contribution in [0.25, 0.3) is 0 Å². The molecule has 0 unspecified atom stereocenters. The molecule has 0 amide bonds. The Morgan fingerprint density at radius 2 is 2.44 bits per heavy atom. The van der Waals surface area contributed by atoms with E-state index in [-0.39, 0.29) is 0 Å². The van der Waals surface area contributed by atoms with Crippen molar-refractivity contribution in [2.24, 2.45) is 0 Å². The van der Waals surface area contributed by atoms with Gasteiger partial charge in [0.25, 0.3) is 0 Å². The van der Waals surface area contributed by atoms with Gasteiger partial charge >= 0.3 is 0 Å². The standard InChI is InChI=1S/C6H6ClNS/c7-6-3-5(4-9)1-2-8-6/h1-3,9H,4H2. The van der Waals surface area contributed by atoms with Crippen molar-refractivity contribution in [3.05, 3.63) is 29.0 Å². The highest BCUT2D eigenvalue weighted by atomic mass is 35.5. The Kier molecular flexibility index (Phi) is 2.37. The van der Waals surface area contributed by atoms with E-state index in [1.807, 2.05) is 6.07 Å². The van der Waals surface area contributed by atoms with Crippen LogP contribution in [0, 0.1) is 0 Å². The van der Waals surface area contributed by atoms with Gasteiger partial charge in [0.05, 0.1) is 0 Å². The zero-order valence-corrected chi connectivity index (χ0v) is 6.36. The summed E-state index contributed by atoms with van der Waals surface area (Å²) in [5.41, 5.74) is 1.10. The number of halogens is 1. The topological polar surface area (TPSA) is 12.9 Å². The fourth-order valence-electron chi connectivity index (χ4n) is 0.541. The van der Waals surface area contributed by atoms with E-state index >= 15 is 0 Å². The second kappa shape index (κ2) is 3.08. The Bertz CT molecular complexity index is 202. The molecule has 0 N–H and O–H groups in total. The summed E-state index contributed by atoms with van der Waals surface area (Å²) in [4.78, 5) is 3.82. The van der Waals surface area contributed by atoms with Gasteiger partial charge in [-0.05, 0) is 17.7 Å². The van der Waals surface area contributed by atoms with Crippen molar-refractivity contribution in [3.8, 4) is 0 Å². The average Bonchev–Trinajstić information content (AvgIpc) is 1.88. The number of aromatic nitrogens is 1. The molecular weight excluding hydrogens is 154 g/mol. The Hall–Kier alpha value is -0.210. The molecule has 3 heteroatoms. The maximum atomic E-state index is 5.58. The maximum Gasteiger partial charge on any atom is 0.129 e. The highest BCUT2D eigenvalue weighted by molar-refractivity contribution is 7.79. The summed E-state index contributed by atoms with van der Waals surface area (Å²) in [5, 5.41) is 0.529. The molecule has 0 aliphatic rings. The molecule has 1 heterocycles. The fraction of sp³-hybridized carbons (Fsp3) is 0.167. The molecule has 0 spiro atoms. The lowest BCUT2D eigenvalue weighted by Gasteiger charge is -1.92. The van der Waals surface area contributed by atoms with Crippen molar-refractivity contribution in [1.29, 1.82) is 0 Å². The summed E-state index contributed by atoms with van der Waals surface area (Å²) in [6.45, 7) is 0. The molecule has 0 aliphatic heterocycles. The zero-order valence-electron chi connectivity index (χ0n) is 4.71. The average molecular weight is 160 g/mol. The van der Waals surface area contributed by atoms with Crippen molar-refractivity contribution in [2.75, 3.05) is 0 Å². The summed E-state index contributed by atoms with van der Waals surface area (Å²) in [6, 6.07) is 3.69. The van der Waals surface area contributed by atoms with Gasteiger partial charge in [-0.3, -0.25) is 0 Å². The number of rotatable bonds is 1. The van der Waals surface area contributed by atoms with Crippen LogP contribution in [0.5, 0.6) is 0 Å². The van der Waals surface area contributed by atoms with Crippen LogP contribution < -0.4 is 0 Å². The van der Waals surface area contributed by atoms with E-state index in [4.69, 9.17) is 11.6 Å². The first-order valence-corrected chi connectivity index (χ1v) is 3.55. The van der Waals surface area contributed by atoms with Crippen LogP contribution in [0.4, 0.5) is 0 Å². The van der Waals surface area contributed by atoms with Crippen LogP contribution in [-0.4, -0.2) is 4.98 Å². The Labute approximate surface area is 64.5 Å². The minimum Gasteiger partial charge on any atom is -0.245 e. The first kappa shape index (κ1) is 6.90. The van der Waals surface area contributed by atoms with Crippen LogP contribution in [0.3, 0.4) is 0 Å². The van der Waals surface area contributed by atoms with Crippen LogP contribution in [0.1, 0.15) is 5.56 Å². The predicted octanol–water partition coefficient (Wildman–Crippen LogP) is 2.16. The van der Waals surface area contributed by atoms with E-state index in [0.29, 0.717) is 10.9 Å². The molecule has 0 aliphatic carbocycles. The molecule has 9 heavy (non-hydrogen) atoms. The van der Waals surface area contributed by atoms with Gasteiger partial charge in [-0.25, -0.2) is 4.98 Å². The molecule has 1 nitrogen and oxygen atoms in total. The van der Waals surface area contributed by atoms with E-state index in [1.54, 1.807) is 12.3 Å². The molecule has 0 bridgehead atoms. The van der Waals surface area contributed by atoms with E-state index in [0.717, 1.165) is 5.56 Å². The quantitative estimate of drug-likeness (QED) is 0.490. The number of hydrogen-bond donors (Lipinski definition) is 1. The SMILES string of the molecule is SCc1ccnc(Cl)c1. The van der Waals surface area contributed by atoms with Crippen molar-refractivity contribution >= 4 is 24.2 Å². The number of nitrogens with zero attached hydrogens (tertiary/aromatic N) is 1. The van der Waals surface area contributed by atoms with Gasteiger partial charge in [0, 0.05) is 11.9 Å². The third kappa shape index (κ3) is 1.88. The molecule has 0 saturated heterocycles. The van der Waals surface area contributed by atoms with Crippen LogP contribution >= 0.6 is 24.2 Å². The lowest BCUT2D eigenvalue weighted by molar-refractivity contribution is 1.27. The number of pyridine rings is 1. The summed E-state index contributed by atoms with van der Waals surface area (Å²) in [6.07, 6.45) is 1.67. The summed E-state index contributed by atoms with van der Waals surface area (Å²) in [5.74, 6) is 0.711. The zero-order chi connectivity index (χ0) is 6.69. The lowest BCUT2D eigenvalue weighted by Crippen LogP contribution is -1.78. The number of hydrogen-bond acceptors (Lipinski definition) is 2. The van der Waals surface area contributed by atoms with Gasteiger partial charge in [0.2, 0.25) is 0 Å². The van der Waals surface area contributed by atoms with Gasteiger partial charge < -0.3 is 0 Å². The number of thiol groups is 1. The third-order valence-corrected chi connectivity index (χ3v) is 1.55. The molecule has 1 rings (SSSR count). The molecule has 0 fully saturated rings. The Morgan fingerprint density at radius 1 is 1.67 bits per heavy atom. The largest absolute Gasteiger partial charge is 0.245 e. The van der Waals surface area contributed by atoms with Gasteiger partial charge in [-0.2, -0.15) is 12.6 Å². The predicted molar refractivity (Wildman–Crippen MR) is 41.9 cm³/mol. The van der Waals surface area contributed by atoms with Crippen molar-refractivity contribution in [3.63, 3.8) is 0 Å². The normalized spacial score (nSPS) is 9.56. The molecule has 48 valence electrons. The van der Waals surface area contributed by atoms with Gasteiger partial charge in [-0.15, -0.1) is 0 Å². The molecule has 1 aromatic rings. The van der Waals surface area contributed by atoms with Crippen LogP contribution in [0.15, 0.2) is 18.3 Å². The van der Waals surface area contributed by atoms with Gasteiger partial charge in [0.1, 0.15) is 5.15 Å². The summed E-state index contributed by atoms with van der Waals surface area (Å²) < 4.78 is 0. The lowest BCUT2D eigenvalue weighted by atomic mass is 10.3. The second-order valence-electron chi connectivity index (χ2n) is 1.64. The smallest absolute Gasteiger partial charge is 0.129 e. The summed E-state index contributed by atoms with van der Waals surface area (Å²) in [7, 11) is 0. The van der Waals surface area contributed by atoms with E-state index in [9.17, 15) is 0 Å². The third-order valence-electron chi connectivity index (χ3n) is 0.974. The first-order chi connectivity index (χ1) is 4.33. The molecule has 0 aromatic carbocycles. The minimum absolute atomic E-state index is 0.529. The first-order valence-electron chi connectivity index (χ1n) is 2.54. The molecular formula is C6H6ClNS. The molecule has 0 atom stereocenters. The van der Waals surface area contributed by atoms with Gasteiger partial charge in [0.15, 0.2) is 0 Å².